The van der Waals surface area contributed by atoms with Crippen molar-refractivity contribution in [3.05, 3.63) is 34.3 Å². The Kier molecular flexibility index (Phi) is 3.51. The predicted octanol–water partition coefficient (Wildman–Crippen LogP) is 4.26. The summed E-state index contributed by atoms with van der Waals surface area (Å²) in [5, 5.41) is 9.48. The molecule has 1 fully saturated rings. The van der Waals surface area contributed by atoms with E-state index in [0.29, 0.717) is 25.7 Å². The average Bonchev–Trinajstić information content (AvgIpc) is 2.78. The monoisotopic (exact) mass is 292 g/mol. The minimum absolute atomic E-state index is 0.0778. The van der Waals surface area contributed by atoms with Gasteiger partial charge >= 0.3 is 12.1 Å². The van der Waals surface area contributed by atoms with Gasteiger partial charge in [0.2, 0.25) is 0 Å². The van der Waals surface area contributed by atoms with Crippen molar-refractivity contribution in [2.24, 2.45) is 0 Å². The summed E-state index contributed by atoms with van der Waals surface area (Å²) in [6.07, 6.45) is -2.50. The van der Waals surface area contributed by atoms with Gasteiger partial charge in [0.1, 0.15) is 0 Å². The van der Waals surface area contributed by atoms with Gasteiger partial charge in [0, 0.05) is 5.02 Å². The minimum atomic E-state index is -4.50. The number of hydrogen-bond donors (Lipinski definition) is 1. The maximum absolute atomic E-state index is 12.7. The van der Waals surface area contributed by atoms with E-state index in [1.54, 1.807) is 0 Å². The Morgan fingerprint density at radius 2 is 1.84 bits per heavy atom. The summed E-state index contributed by atoms with van der Waals surface area (Å²) in [6.45, 7) is 0. The standard InChI is InChI=1S/C13H12ClF3O2/c14-10-4-3-8(13(15,16)17)7-9(10)12(11(18)19)5-1-2-6-12/h3-4,7H,1-2,5-6H2,(H,18,19). The zero-order valence-electron chi connectivity index (χ0n) is 9.93. The van der Waals surface area contributed by atoms with E-state index in [-0.39, 0.29) is 10.6 Å². The first-order valence-electron chi connectivity index (χ1n) is 5.88. The summed E-state index contributed by atoms with van der Waals surface area (Å²) in [7, 11) is 0. The van der Waals surface area contributed by atoms with Crippen LogP contribution >= 0.6 is 11.6 Å². The van der Waals surface area contributed by atoms with Gasteiger partial charge < -0.3 is 5.11 Å². The molecule has 2 nitrogen and oxygen atoms in total. The van der Waals surface area contributed by atoms with Crippen molar-refractivity contribution in [2.75, 3.05) is 0 Å². The molecular formula is C13H12ClF3O2. The molecule has 1 saturated carbocycles. The molecule has 0 radical (unpaired) electrons. The van der Waals surface area contributed by atoms with Gasteiger partial charge in [0.25, 0.3) is 0 Å². The van der Waals surface area contributed by atoms with Crippen molar-refractivity contribution in [2.45, 2.75) is 37.3 Å². The fourth-order valence-corrected chi connectivity index (χ4v) is 2.94. The molecule has 1 N–H and O–H groups in total. The molecule has 19 heavy (non-hydrogen) atoms. The van der Waals surface area contributed by atoms with Crippen LogP contribution in [-0.4, -0.2) is 11.1 Å². The topological polar surface area (TPSA) is 37.3 Å². The van der Waals surface area contributed by atoms with Gasteiger partial charge in [0.05, 0.1) is 11.0 Å². The SMILES string of the molecule is O=C(O)C1(c2cc(C(F)(F)F)ccc2Cl)CCCC1. The average molecular weight is 293 g/mol. The Hall–Kier alpha value is -1.23. The van der Waals surface area contributed by atoms with Crippen LogP contribution in [0.4, 0.5) is 13.2 Å². The van der Waals surface area contributed by atoms with E-state index in [0.717, 1.165) is 18.2 Å². The molecule has 1 aromatic rings. The Labute approximate surface area is 113 Å². The molecule has 0 saturated heterocycles. The maximum Gasteiger partial charge on any atom is 0.416 e. The maximum atomic E-state index is 12.7. The van der Waals surface area contributed by atoms with E-state index in [9.17, 15) is 23.1 Å². The molecule has 1 aliphatic carbocycles. The first-order valence-corrected chi connectivity index (χ1v) is 6.26. The van der Waals surface area contributed by atoms with Gasteiger partial charge in [-0.25, -0.2) is 0 Å². The highest BCUT2D eigenvalue weighted by atomic mass is 35.5. The second-order valence-corrected chi connectivity index (χ2v) is 5.19. The normalized spacial score (nSPS) is 18.5. The number of carboxylic acids is 1. The largest absolute Gasteiger partial charge is 0.481 e. The van der Waals surface area contributed by atoms with E-state index in [4.69, 9.17) is 11.6 Å². The molecule has 0 heterocycles. The smallest absolute Gasteiger partial charge is 0.416 e. The van der Waals surface area contributed by atoms with Gasteiger partial charge in [-0.15, -0.1) is 0 Å². The number of carbonyl (C=O) groups is 1. The molecule has 0 unspecified atom stereocenters. The number of aliphatic carboxylic acids is 1. The zero-order chi connectivity index (χ0) is 14.3. The van der Waals surface area contributed by atoms with Gasteiger partial charge in [-0.05, 0) is 36.6 Å². The molecule has 0 aromatic heterocycles. The number of benzene rings is 1. The molecular weight excluding hydrogens is 281 g/mol. The molecule has 104 valence electrons. The zero-order valence-corrected chi connectivity index (χ0v) is 10.7. The molecule has 6 heteroatoms. The summed E-state index contributed by atoms with van der Waals surface area (Å²) in [6, 6.07) is 2.88. The molecule has 0 aliphatic heterocycles. The molecule has 0 atom stereocenters. The Balaban J connectivity index is 2.57. The third-order valence-corrected chi connectivity index (χ3v) is 4.01. The number of rotatable bonds is 2. The van der Waals surface area contributed by atoms with Crippen LogP contribution in [0.2, 0.25) is 5.02 Å². The van der Waals surface area contributed by atoms with E-state index in [2.05, 4.69) is 0 Å². The van der Waals surface area contributed by atoms with E-state index in [1.807, 2.05) is 0 Å². The summed E-state index contributed by atoms with van der Waals surface area (Å²) >= 11 is 5.93. The van der Waals surface area contributed by atoms with Crippen molar-refractivity contribution in [1.82, 2.24) is 0 Å². The lowest BCUT2D eigenvalue weighted by atomic mass is 9.78. The summed E-state index contributed by atoms with van der Waals surface area (Å²) in [5.74, 6) is -1.11. The lowest BCUT2D eigenvalue weighted by molar-refractivity contribution is -0.144. The Morgan fingerprint density at radius 3 is 2.32 bits per heavy atom. The fraction of sp³-hybridized carbons (Fsp3) is 0.462. The highest BCUT2D eigenvalue weighted by Gasteiger charge is 2.45. The van der Waals surface area contributed by atoms with E-state index < -0.39 is 23.1 Å². The third-order valence-electron chi connectivity index (χ3n) is 3.68. The van der Waals surface area contributed by atoms with Crippen molar-refractivity contribution < 1.29 is 23.1 Å². The van der Waals surface area contributed by atoms with Crippen LogP contribution in [0.1, 0.15) is 36.8 Å². The minimum Gasteiger partial charge on any atom is -0.481 e. The van der Waals surface area contributed by atoms with Gasteiger partial charge in [-0.3, -0.25) is 4.79 Å². The summed E-state index contributed by atoms with van der Waals surface area (Å²) in [4.78, 5) is 11.5. The van der Waals surface area contributed by atoms with Crippen LogP contribution in [-0.2, 0) is 16.4 Å². The van der Waals surface area contributed by atoms with Crippen molar-refractivity contribution >= 4 is 17.6 Å². The lowest BCUT2D eigenvalue weighted by Gasteiger charge is -2.26. The predicted molar refractivity (Wildman–Crippen MR) is 64.2 cm³/mol. The van der Waals surface area contributed by atoms with Crippen molar-refractivity contribution in [3.63, 3.8) is 0 Å². The second kappa shape index (κ2) is 4.71. The first kappa shape index (κ1) is 14.2. The number of halogens is 4. The number of alkyl halides is 3. The van der Waals surface area contributed by atoms with Gasteiger partial charge in [-0.1, -0.05) is 24.4 Å². The van der Waals surface area contributed by atoms with Crippen LogP contribution in [0.25, 0.3) is 0 Å². The molecule has 0 bridgehead atoms. The highest BCUT2D eigenvalue weighted by Crippen LogP contribution is 2.45. The molecule has 1 aliphatic rings. The van der Waals surface area contributed by atoms with Crippen LogP contribution in [0, 0.1) is 0 Å². The second-order valence-electron chi connectivity index (χ2n) is 4.79. The third kappa shape index (κ3) is 2.43. The van der Waals surface area contributed by atoms with Gasteiger partial charge in [0.15, 0.2) is 0 Å². The molecule has 0 spiro atoms. The summed E-state index contributed by atoms with van der Waals surface area (Å²) in [5.41, 5.74) is -2.06. The van der Waals surface area contributed by atoms with Crippen LogP contribution in [0.15, 0.2) is 18.2 Å². The molecule has 0 amide bonds. The summed E-state index contributed by atoms with van der Waals surface area (Å²) < 4.78 is 38.2. The van der Waals surface area contributed by atoms with Crippen LogP contribution in [0.5, 0.6) is 0 Å². The molecule has 1 aromatic carbocycles. The van der Waals surface area contributed by atoms with Crippen molar-refractivity contribution in [1.29, 1.82) is 0 Å². The van der Waals surface area contributed by atoms with Crippen LogP contribution in [0.3, 0.4) is 0 Å². The highest BCUT2D eigenvalue weighted by molar-refractivity contribution is 6.31. The quantitative estimate of drug-likeness (QED) is 0.884. The Morgan fingerprint density at radius 1 is 1.26 bits per heavy atom. The number of hydrogen-bond acceptors (Lipinski definition) is 1. The van der Waals surface area contributed by atoms with Gasteiger partial charge in [-0.2, -0.15) is 13.2 Å². The first-order chi connectivity index (χ1) is 8.77. The lowest BCUT2D eigenvalue weighted by Crippen LogP contribution is -2.33. The van der Waals surface area contributed by atoms with Crippen molar-refractivity contribution in [3.8, 4) is 0 Å². The van der Waals surface area contributed by atoms with E-state index in [1.165, 1.54) is 0 Å². The fourth-order valence-electron chi connectivity index (χ4n) is 2.65. The molecule has 2 rings (SSSR count). The van der Waals surface area contributed by atoms with Crippen LogP contribution < -0.4 is 0 Å². The number of carboxylic acid groups (broad SMARTS) is 1. The van der Waals surface area contributed by atoms with E-state index >= 15 is 0 Å². The Bertz CT molecular complexity index is 505.